The molecule has 2 N–H and O–H groups in total. The van der Waals surface area contributed by atoms with E-state index in [9.17, 15) is 0 Å². The van der Waals surface area contributed by atoms with E-state index in [0.29, 0.717) is 0 Å². The van der Waals surface area contributed by atoms with E-state index in [1.165, 1.54) is 0 Å². The van der Waals surface area contributed by atoms with Gasteiger partial charge >= 0.3 is 0 Å². The van der Waals surface area contributed by atoms with Crippen LogP contribution in [0.3, 0.4) is 0 Å². The third-order valence-electron chi connectivity index (χ3n) is 2.38. The molecule has 2 fully saturated rings. The first-order chi connectivity index (χ1) is 4.38. The predicted molar refractivity (Wildman–Crippen MR) is 29.8 cm³/mol. The fourth-order valence-corrected chi connectivity index (χ4v) is 1.65. The molecule has 0 spiro atoms. The SMILES string of the molecule is OC[C@@H]1[C@H](CO)[C@@H]2O[C@H]12. The van der Waals surface area contributed by atoms with E-state index in [1.807, 2.05) is 0 Å². The van der Waals surface area contributed by atoms with Crippen molar-refractivity contribution in [2.24, 2.45) is 11.8 Å². The largest absolute Gasteiger partial charge is 0.396 e. The summed E-state index contributed by atoms with van der Waals surface area (Å²) in [6.07, 6.45) is 0.569. The van der Waals surface area contributed by atoms with Crippen molar-refractivity contribution in [3.05, 3.63) is 0 Å². The standard InChI is InChI=1S/C6H10O3/c7-1-3-4(2-8)6-5(3)9-6/h3-8H,1-2H2/t3-,4+,5-,6+. The smallest absolute Gasteiger partial charge is 0.0900 e. The van der Waals surface area contributed by atoms with Crippen LogP contribution in [-0.2, 0) is 4.74 Å². The lowest BCUT2D eigenvalue weighted by Gasteiger charge is -2.27. The van der Waals surface area contributed by atoms with E-state index in [-0.39, 0.29) is 37.3 Å². The van der Waals surface area contributed by atoms with Crippen LogP contribution in [0.15, 0.2) is 0 Å². The first-order valence-electron chi connectivity index (χ1n) is 3.25. The minimum Gasteiger partial charge on any atom is -0.396 e. The molecule has 1 saturated carbocycles. The number of fused-ring (bicyclic) bond motifs is 1. The average molecular weight is 130 g/mol. The third-order valence-corrected chi connectivity index (χ3v) is 2.38. The van der Waals surface area contributed by atoms with Gasteiger partial charge in [-0.25, -0.2) is 0 Å². The van der Waals surface area contributed by atoms with Crippen molar-refractivity contribution in [3.8, 4) is 0 Å². The molecular weight excluding hydrogens is 120 g/mol. The van der Waals surface area contributed by atoms with Gasteiger partial charge in [-0.05, 0) is 0 Å². The Labute approximate surface area is 53.3 Å². The van der Waals surface area contributed by atoms with Gasteiger partial charge in [0.2, 0.25) is 0 Å². The molecule has 0 aromatic heterocycles. The zero-order valence-electron chi connectivity index (χ0n) is 5.03. The van der Waals surface area contributed by atoms with E-state index in [4.69, 9.17) is 14.9 Å². The number of hydrogen-bond donors (Lipinski definition) is 2. The molecule has 52 valence electrons. The van der Waals surface area contributed by atoms with Crippen molar-refractivity contribution < 1.29 is 14.9 Å². The molecule has 0 unspecified atom stereocenters. The third kappa shape index (κ3) is 0.569. The van der Waals surface area contributed by atoms with Crippen molar-refractivity contribution in [1.29, 1.82) is 0 Å². The van der Waals surface area contributed by atoms with E-state index in [0.717, 1.165) is 0 Å². The summed E-state index contributed by atoms with van der Waals surface area (Å²) in [6, 6.07) is 0. The summed E-state index contributed by atoms with van der Waals surface area (Å²) in [5, 5.41) is 17.4. The maximum absolute atomic E-state index is 8.69. The van der Waals surface area contributed by atoms with Crippen molar-refractivity contribution in [2.75, 3.05) is 13.2 Å². The van der Waals surface area contributed by atoms with Gasteiger partial charge in [0, 0.05) is 25.0 Å². The Hall–Kier alpha value is -0.120. The summed E-state index contributed by atoms with van der Waals surface area (Å²) < 4.78 is 5.11. The molecule has 2 aliphatic rings. The molecule has 0 aromatic carbocycles. The Kier molecular flexibility index (Phi) is 1.06. The molecular formula is C6H10O3. The summed E-state index contributed by atoms with van der Waals surface area (Å²) in [4.78, 5) is 0. The van der Waals surface area contributed by atoms with Crippen LogP contribution in [0.1, 0.15) is 0 Å². The van der Waals surface area contributed by atoms with Crippen molar-refractivity contribution in [3.63, 3.8) is 0 Å². The van der Waals surface area contributed by atoms with Gasteiger partial charge in [0.25, 0.3) is 0 Å². The van der Waals surface area contributed by atoms with E-state index in [1.54, 1.807) is 0 Å². The molecule has 1 saturated heterocycles. The van der Waals surface area contributed by atoms with Crippen LogP contribution in [0.5, 0.6) is 0 Å². The number of epoxide rings is 1. The lowest BCUT2D eigenvalue weighted by molar-refractivity contribution is 0.0791. The summed E-state index contributed by atoms with van der Waals surface area (Å²) in [6.45, 7) is 0.318. The molecule has 3 heteroatoms. The second-order valence-electron chi connectivity index (χ2n) is 2.76. The maximum atomic E-state index is 8.69. The van der Waals surface area contributed by atoms with Crippen molar-refractivity contribution in [1.82, 2.24) is 0 Å². The van der Waals surface area contributed by atoms with Crippen LogP contribution >= 0.6 is 0 Å². The van der Waals surface area contributed by atoms with Crippen molar-refractivity contribution >= 4 is 0 Å². The first kappa shape index (κ1) is 5.65. The highest BCUT2D eigenvalue weighted by molar-refractivity contribution is 5.09. The molecule has 3 nitrogen and oxygen atoms in total. The van der Waals surface area contributed by atoms with Gasteiger partial charge < -0.3 is 14.9 Å². The molecule has 1 aliphatic carbocycles. The Morgan fingerprint density at radius 1 is 1.00 bits per heavy atom. The van der Waals surface area contributed by atoms with Gasteiger partial charge in [-0.2, -0.15) is 0 Å². The van der Waals surface area contributed by atoms with E-state index in [2.05, 4.69) is 0 Å². The molecule has 1 aliphatic heterocycles. The normalized spacial score (nSPS) is 54.0. The number of ether oxygens (including phenoxy) is 1. The van der Waals surface area contributed by atoms with E-state index < -0.39 is 0 Å². The molecule has 0 aromatic rings. The van der Waals surface area contributed by atoms with Gasteiger partial charge in [0.05, 0.1) is 12.2 Å². The van der Waals surface area contributed by atoms with Crippen LogP contribution in [0.2, 0.25) is 0 Å². The van der Waals surface area contributed by atoms with Gasteiger partial charge in [0.15, 0.2) is 0 Å². The lowest BCUT2D eigenvalue weighted by Crippen LogP contribution is -2.41. The fourth-order valence-electron chi connectivity index (χ4n) is 1.65. The number of aliphatic hydroxyl groups excluding tert-OH is 2. The minimum atomic E-state index is 0.159. The monoisotopic (exact) mass is 130 g/mol. The molecule has 4 atom stereocenters. The number of aliphatic hydroxyl groups is 2. The first-order valence-corrected chi connectivity index (χ1v) is 3.25. The molecule has 9 heavy (non-hydrogen) atoms. The highest BCUT2D eigenvalue weighted by Gasteiger charge is 2.63. The second-order valence-corrected chi connectivity index (χ2v) is 2.76. The highest BCUT2D eigenvalue weighted by atomic mass is 16.6. The topological polar surface area (TPSA) is 53.0 Å². The Balaban J connectivity index is 1.94. The fraction of sp³-hybridized carbons (Fsp3) is 1.00. The summed E-state index contributed by atoms with van der Waals surface area (Å²) >= 11 is 0. The Morgan fingerprint density at radius 3 is 1.78 bits per heavy atom. The van der Waals surface area contributed by atoms with Crippen LogP contribution in [-0.4, -0.2) is 35.6 Å². The quantitative estimate of drug-likeness (QED) is 0.471. The van der Waals surface area contributed by atoms with Crippen LogP contribution in [0, 0.1) is 11.8 Å². The van der Waals surface area contributed by atoms with Gasteiger partial charge in [0.1, 0.15) is 0 Å². The summed E-state index contributed by atoms with van der Waals surface area (Å²) in [5.41, 5.74) is 0. The number of rotatable bonds is 2. The van der Waals surface area contributed by atoms with Gasteiger partial charge in [-0.15, -0.1) is 0 Å². The Bertz CT molecular complexity index is 111. The predicted octanol–water partition coefficient (Wildman–Crippen LogP) is -1.02. The number of hydrogen-bond acceptors (Lipinski definition) is 3. The summed E-state index contributed by atoms with van der Waals surface area (Å²) in [5.74, 6) is 0.444. The molecule has 1 heterocycles. The molecule has 2 rings (SSSR count). The molecule has 0 amide bonds. The van der Waals surface area contributed by atoms with Gasteiger partial charge in [-0.3, -0.25) is 0 Å². The lowest BCUT2D eigenvalue weighted by atomic mass is 9.75. The highest BCUT2D eigenvalue weighted by Crippen LogP contribution is 2.51. The van der Waals surface area contributed by atoms with Crippen LogP contribution in [0.25, 0.3) is 0 Å². The van der Waals surface area contributed by atoms with Gasteiger partial charge in [-0.1, -0.05) is 0 Å². The van der Waals surface area contributed by atoms with Crippen LogP contribution < -0.4 is 0 Å². The average Bonchev–Trinajstić information content (AvgIpc) is 2.47. The van der Waals surface area contributed by atoms with Crippen molar-refractivity contribution in [2.45, 2.75) is 12.2 Å². The van der Waals surface area contributed by atoms with E-state index >= 15 is 0 Å². The molecule has 0 bridgehead atoms. The summed E-state index contributed by atoms with van der Waals surface area (Å²) in [7, 11) is 0. The zero-order valence-corrected chi connectivity index (χ0v) is 5.03. The maximum Gasteiger partial charge on any atom is 0.0900 e. The minimum absolute atomic E-state index is 0.159. The zero-order chi connectivity index (χ0) is 6.43. The second kappa shape index (κ2) is 1.68. The molecule has 0 radical (unpaired) electrons. The Morgan fingerprint density at radius 2 is 1.44 bits per heavy atom. The van der Waals surface area contributed by atoms with Crippen LogP contribution in [0.4, 0.5) is 0 Å².